The molecule has 0 aromatic carbocycles. The second-order valence-corrected chi connectivity index (χ2v) is 4.03. The molecule has 3 heterocycles. The van der Waals surface area contributed by atoms with E-state index >= 15 is 0 Å². The number of H-pyrrole nitrogens is 1. The van der Waals surface area contributed by atoms with Crippen LogP contribution in [0.25, 0.3) is 16.9 Å². The van der Waals surface area contributed by atoms with E-state index < -0.39 is 0 Å². The first-order chi connectivity index (χ1) is 8.24. The van der Waals surface area contributed by atoms with Gasteiger partial charge < -0.3 is 9.72 Å². The maximum Gasteiger partial charge on any atom is 0.225 e. The fourth-order valence-electron chi connectivity index (χ4n) is 1.50. The van der Waals surface area contributed by atoms with Crippen molar-refractivity contribution in [2.75, 3.05) is 6.61 Å². The summed E-state index contributed by atoms with van der Waals surface area (Å²) in [5.41, 5.74) is 0.967. The number of nitrogens with zero attached hydrogens (tertiary/aromatic N) is 3. The van der Waals surface area contributed by atoms with Gasteiger partial charge in [0.15, 0.2) is 22.4 Å². The lowest BCUT2D eigenvalue weighted by molar-refractivity contribution is 0.313. The van der Waals surface area contributed by atoms with E-state index in [2.05, 4.69) is 19.9 Å². The molecule has 1 N–H and O–H groups in total. The quantitative estimate of drug-likeness (QED) is 0.638. The molecule has 0 amide bonds. The van der Waals surface area contributed by atoms with Gasteiger partial charge in [0.1, 0.15) is 12.1 Å². The summed E-state index contributed by atoms with van der Waals surface area (Å²) in [7, 11) is 0. The molecule has 1 aliphatic heterocycles. The molecule has 1 aliphatic rings. The first-order valence-corrected chi connectivity index (χ1v) is 5.58. The van der Waals surface area contributed by atoms with Gasteiger partial charge in [-0.25, -0.2) is 9.97 Å². The van der Waals surface area contributed by atoms with E-state index in [0.29, 0.717) is 29.4 Å². The highest BCUT2D eigenvalue weighted by Gasteiger charge is 2.14. The van der Waals surface area contributed by atoms with Crippen molar-refractivity contribution in [3.8, 4) is 0 Å². The summed E-state index contributed by atoms with van der Waals surface area (Å²) in [5.74, 6) is 1.19. The third-order valence-electron chi connectivity index (χ3n) is 2.23. The Labute approximate surface area is 106 Å². The van der Waals surface area contributed by atoms with E-state index in [-0.39, 0.29) is 10.4 Å². The number of aromatic amines is 1. The molecule has 17 heavy (non-hydrogen) atoms. The predicted octanol–water partition coefficient (Wildman–Crippen LogP) is 2.59. The lowest BCUT2D eigenvalue weighted by atomic mass is 10.3. The van der Waals surface area contributed by atoms with Crippen LogP contribution in [0, 0.1) is 0 Å². The SMILES string of the molecule is Clc1nc(Cl)c2[nH]c(C3=CC=CCO3)nc2n1. The summed E-state index contributed by atoms with van der Waals surface area (Å²) >= 11 is 11.6. The molecule has 86 valence electrons. The normalized spacial score (nSPS) is 14.8. The maximum atomic E-state index is 5.93. The van der Waals surface area contributed by atoms with Gasteiger partial charge in [-0.1, -0.05) is 17.7 Å². The Bertz CT molecular complexity index is 647. The number of nitrogens with one attached hydrogen (secondary N) is 1. The molecule has 2 aromatic heterocycles. The molecule has 0 spiro atoms. The number of fused-ring (bicyclic) bond motifs is 1. The van der Waals surface area contributed by atoms with Crippen LogP contribution in [0.15, 0.2) is 18.2 Å². The minimum atomic E-state index is 0.0685. The molecule has 2 aromatic rings. The van der Waals surface area contributed by atoms with Crippen molar-refractivity contribution in [1.29, 1.82) is 0 Å². The van der Waals surface area contributed by atoms with Crippen LogP contribution in [0.2, 0.25) is 10.4 Å². The van der Waals surface area contributed by atoms with Crippen molar-refractivity contribution < 1.29 is 4.74 Å². The van der Waals surface area contributed by atoms with Crippen LogP contribution in [0.1, 0.15) is 5.82 Å². The van der Waals surface area contributed by atoms with Crippen LogP contribution in [0.4, 0.5) is 0 Å². The molecule has 0 atom stereocenters. The summed E-state index contributed by atoms with van der Waals surface area (Å²) in [6, 6.07) is 0. The molecule has 0 bridgehead atoms. The minimum absolute atomic E-state index is 0.0685. The van der Waals surface area contributed by atoms with Gasteiger partial charge in [0, 0.05) is 0 Å². The fourth-order valence-corrected chi connectivity index (χ4v) is 1.92. The number of hydrogen-bond donors (Lipinski definition) is 1. The molecule has 7 heteroatoms. The minimum Gasteiger partial charge on any atom is -0.486 e. The van der Waals surface area contributed by atoms with E-state index in [9.17, 15) is 0 Å². The molecule has 0 unspecified atom stereocenters. The molecule has 0 radical (unpaired) electrons. The molecule has 5 nitrogen and oxygen atoms in total. The smallest absolute Gasteiger partial charge is 0.225 e. The molecular weight excluding hydrogens is 263 g/mol. The first-order valence-electron chi connectivity index (χ1n) is 4.83. The summed E-state index contributed by atoms with van der Waals surface area (Å²) in [4.78, 5) is 15.1. The second kappa shape index (κ2) is 4.01. The third kappa shape index (κ3) is 1.87. The number of rotatable bonds is 1. The van der Waals surface area contributed by atoms with Gasteiger partial charge in [-0.2, -0.15) is 4.98 Å². The third-order valence-corrected chi connectivity index (χ3v) is 2.67. The molecule has 0 aliphatic carbocycles. The molecule has 0 fully saturated rings. The Hall–Kier alpha value is -1.59. The van der Waals surface area contributed by atoms with Crippen molar-refractivity contribution in [1.82, 2.24) is 19.9 Å². The monoisotopic (exact) mass is 268 g/mol. The second-order valence-electron chi connectivity index (χ2n) is 3.34. The topological polar surface area (TPSA) is 63.7 Å². The number of allylic oxidation sites excluding steroid dienone is 2. The van der Waals surface area contributed by atoms with Gasteiger partial charge in [-0.3, -0.25) is 0 Å². The lowest BCUT2D eigenvalue weighted by Crippen LogP contribution is -1.97. The average Bonchev–Trinajstić information content (AvgIpc) is 2.74. The Morgan fingerprint density at radius 3 is 2.88 bits per heavy atom. The molecule has 3 rings (SSSR count). The largest absolute Gasteiger partial charge is 0.486 e. The van der Waals surface area contributed by atoms with E-state index in [4.69, 9.17) is 27.9 Å². The van der Waals surface area contributed by atoms with Gasteiger partial charge in [-0.15, -0.1) is 0 Å². The van der Waals surface area contributed by atoms with Crippen molar-refractivity contribution in [3.05, 3.63) is 34.5 Å². The highest BCUT2D eigenvalue weighted by molar-refractivity contribution is 6.35. The van der Waals surface area contributed by atoms with Crippen LogP contribution in [0.3, 0.4) is 0 Å². The van der Waals surface area contributed by atoms with Crippen LogP contribution < -0.4 is 0 Å². The summed E-state index contributed by atoms with van der Waals surface area (Å²) in [6.07, 6.45) is 5.60. The average molecular weight is 269 g/mol. The molecular formula is C10H6Cl2N4O. The van der Waals surface area contributed by atoms with Crippen molar-refractivity contribution >= 4 is 40.1 Å². The number of aromatic nitrogens is 4. The zero-order valence-electron chi connectivity index (χ0n) is 8.44. The Kier molecular flexibility index (Phi) is 2.49. The van der Waals surface area contributed by atoms with E-state index in [0.717, 1.165) is 0 Å². The van der Waals surface area contributed by atoms with E-state index in [1.807, 2.05) is 18.2 Å². The molecule has 0 saturated heterocycles. The number of imidazole rings is 1. The number of ether oxygens (including phenoxy) is 1. The Balaban J connectivity index is 2.16. The summed E-state index contributed by atoms with van der Waals surface area (Å²) in [5, 5.41) is 0.310. The predicted molar refractivity (Wildman–Crippen MR) is 64.8 cm³/mol. The maximum absolute atomic E-state index is 5.93. The van der Waals surface area contributed by atoms with Crippen LogP contribution in [0.5, 0.6) is 0 Å². The summed E-state index contributed by atoms with van der Waals surface area (Å²) < 4.78 is 5.42. The van der Waals surface area contributed by atoms with E-state index in [1.54, 1.807) is 0 Å². The fraction of sp³-hybridized carbons (Fsp3) is 0.100. The van der Waals surface area contributed by atoms with Gasteiger partial charge in [0.05, 0.1) is 0 Å². The van der Waals surface area contributed by atoms with Crippen molar-refractivity contribution in [2.45, 2.75) is 0 Å². The van der Waals surface area contributed by atoms with Crippen LogP contribution in [-0.4, -0.2) is 26.5 Å². The Morgan fingerprint density at radius 1 is 1.24 bits per heavy atom. The molecule has 0 saturated carbocycles. The standard InChI is InChI=1S/C10H6Cl2N4O/c11-7-6-9(16-10(12)14-7)15-8(13-6)5-3-1-2-4-17-5/h1-3H,4H2,(H,13,14,15,16). The van der Waals surface area contributed by atoms with Crippen molar-refractivity contribution in [3.63, 3.8) is 0 Å². The first kappa shape index (κ1) is 10.6. The van der Waals surface area contributed by atoms with E-state index in [1.165, 1.54) is 0 Å². The summed E-state index contributed by atoms with van der Waals surface area (Å²) in [6.45, 7) is 0.517. The van der Waals surface area contributed by atoms with Crippen LogP contribution >= 0.6 is 23.2 Å². The van der Waals surface area contributed by atoms with Crippen LogP contribution in [-0.2, 0) is 4.74 Å². The zero-order valence-corrected chi connectivity index (χ0v) is 9.96. The van der Waals surface area contributed by atoms with Gasteiger partial charge in [-0.05, 0) is 23.8 Å². The van der Waals surface area contributed by atoms with Crippen molar-refractivity contribution in [2.24, 2.45) is 0 Å². The lowest BCUT2D eigenvalue weighted by Gasteiger charge is -2.07. The highest BCUT2D eigenvalue weighted by atomic mass is 35.5. The number of halogens is 2. The Morgan fingerprint density at radius 2 is 2.12 bits per heavy atom. The van der Waals surface area contributed by atoms with Gasteiger partial charge in [0.25, 0.3) is 0 Å². The van der Waals surface area contributed by atoms with Gasteiger partial charge in [0.2, 0.25) is 5.28 Å². The number of hydrogen-bond acceptors (Lipinski definition) is 4. The highest BCUT2D eigenvalue weighted by Crippen LogP contribution is 2.23. The van der Waals surface area contributed by atoms with Gasteiger partial charge >= 0.3 is 0 Å². The zero-order chi connectivity index (χ0) is 11.8.